The Hall–Kier alpha value is -0.860. The van der Waals surface area contributed by atoms with Crippen LogP contribution in [0.2, 0.25) is 0 Å². The minimum atomic E-state index is 0.197. The number of hydrogen-bond acceptors (Lipinski definition) is 2. The highest BCUT2D eigenvalue weighted by Crippen LogP contribution is 2.10. The highest BCUT2D eigenvalue weighted by molar-refractivity contribution is 5.25. The quantitative estimate of drug-likeness (QED) is 0.820. The van der Waals surface area contributed by atoms with Crippen molar-refractivity contribution in [2.75, 3.05) is 20.6 Å². The average Bonchev–Trinajstić information content (AvgIpc) is 2.20. The monoisotopic (exact) mass is 220 g/mol. The van der Waals surface area contributed by atoms with Crippen LogP contribution in [-0.4, -0.2) is 31.1 Å². The average molecular weight is 220 g/mol. The van der Waals surface area contributed by atoms with Gasteiger partial charge >= 0.3 is 0 Å². The third kappa shape index (κ3) is 3.62. The van der Waals surface area contributed by atoms with E-state index in [1.165, 1.54) is 11.1 Å². The summed E-state index contributed by atoms with van der Waals surface area (Å²) in [5, 5.41) is 3.52. The van der Waals surface area contributed by atoms with Crippen molar-refractivity contribution >= 4 is 0 Å². The largest absolute Gasteiger partial charge is 0.311 e. The van der Waals surface area contributed by atoms with Gasteiger partial charge in [-0.1, -0.05) is 24.3 Å². The summed E-state index contributed by atoms with van der Waals surface area (Å²) in [6.45, 7) is 8.60. The van der Waals surface area contributed by atoms with Crippen molar-refractivity contribution in [3.8, 4) is 0 Å². The molecule has 0 aliphatic rings. The van der Waals surface area contributed by atoms with Crippen LogP contribution in [0.4, 0.5) is 0 Å². The Morgan fingerprint density at radius 2 is 1.81 bits per heavy atom. The zero-order chi connectivity index (χ0) is 12.2. The van der Waals surface area contributed by atoms with Gasteiger partial charge in [-0.3, -0.25) is 0 Å². The molecule has 0 spiro atoms. The fourth-order valence-corrected chi connectivity index (χ4v) is 1.47. The van der Waals surface area contributed by atoms with E-state index in [2.05, 4.69) is 69.3 Å². The Kier molecular flexibility index (Phi) is 4.51. The molecule has 2 heteroatoms. The number of likely N-dealkylation sites (N-methyl/N-ethyl adjacent to an activating group) is 1. The minimum Gasteiger partial charge on any atom is -0.311 e. The molecule has 0 fully saturated rings. The maximum Gasteiger partial charge on any atom is 0.0271 e. The van der Waals surface area contributed by atoms with Crippen molar-refractivity contribution in [2.24, 2.45) is 0 Å². The summed E-state index contributed by atoms with van der Waals surface area (Å²) in [5.74, 6) is 0. The molecular weight excluding hydrogens is 196 g/mol. The molecule has 0 saturated heterocycles. The number of nitrogens with zero attached hydrogens (tertiary/aromatic N) is 1. The molecule has 0 unspecified atom stereocenters. The first-order chi connectivity index (χ1) is 7.43. The lowest BCUT2D eigenvalue weighted by molar-refractivity contribution is 0.189. The molecule has 1 N–H and O–H groups in total. The molecular formula is C14H24N2. The maximum atomic E-state index is 3.52. The third-order valence-corrected chi connectivity index (χ3v) is 3.34. The molecule has 0 saturated carbocycles. The lowest BCUT2D eigenvalue weighted by Crippen LogP contribution is -2.46. The lowest BCUT2D eigenvalue weighted by Gasteiger charge is -2.32. The molecule has 0 bridgehead atoms. The van der Waals surface area contributed by atoms with Gasteiger partial charge in [0.05, 0.1) is 0 Å². The van der Waals surface area contributed by atoms with Crippen LogP contribution in [0.15, 0.2) is 24.3 Å². The Bertz CT molecular complexity index is 329. The fraction of sp³-hybridized carbons (Fsp3) is 0.571. The summed E-state index contributed by atoms with van der Waals surface area (Å²) in [5.41, 5.74) is 2.94. The van der Waals surface area contributed by atoms with Gasteiger partial charge in [-0.2, -0.15) is 0 Å². The van der Waals surface area contributed by atoms with Crippen molar-refractivity contribution in [1.29, 1.82) is 0 Å². The Balaban J connectivity index is 2.45. The van der Waals surface area contributed by atoms with Gasteiger partial charge < -0.3 is 10.2 Å². The van der Waals surface area contributed by atoms with Crippen LogP contribution in [0.3, 0.4) is 0 Å². The zero-order valence-corrected chi connectivity index (χ0v) is 11.2. The predicted molar refractivity (Wildman–Crippen MR) is 70.7 cm³/mol. The molecule has 1 aromatic carbocycles. The minimum absolute atomic E-state index is 0.197. The summed E-state index contributed by atoms with van der Waals surface area (Å²) < 4.78 is 0. The number of aryl methyl sites for hydroxylation is 1. The van der Waals surface area contributed by atoms with E-state index < -0.39 is 0 Å². The molecule has 0 radical (unpaired) electrons. The van der Waals surface area contributed by atoms with E-state index in [9.17, 15) is 0 Å². The van der Waals surface area contributed by atoms with Gasteiger partial charge in [-0.25, -0.2) is 0 Å². The first kappa shape index (κ1) is 13.2. The van der Waals surface area contributed by atoms with E-state index in [1.54, 1.807) is 0 Å². The van der Waals surface area contributed by atoms with Crippen molar-refractivity contribution in [3.05, 3.63) is 35.4 Å². The molecule has 0 atom stereocenters. The second-order valence-corrected chi connectivity index (χ2v) is 5.24. The number of benzene rings is 1. The molecule has 1 rings (SSSR count). The van der Waals surface area contributed by atoms with Gasteiger partial charge in [0.15, 0.2) is 0 Å². The summed E-state index contributed by atoms with van der Waals surface area (Å²) in [7, 11) is 4.24. The van der Waals surface area contributed by atoms with Gasteiger partial charge in [-0.15, -0.1) is 0 Å². The molecule has 90 valence electrons. The molecule has 1 aromatic rings. The van der Waals surface area contributed by atoms with E-state index in [0.717, 1.165) is 13.1 Å². The molecule has 0 amide bonds. The second kappa shape index (κ2) is 5.46. The number of hydrogen-bond donors (Lipinski definition) is 1. The van der Waals surface area contributed by atoms with Crippen LogP contribution >= 0.6 is 0 Å². The van der Waals surface area contributed by atoms with Gasteiger partial charge in [-0.05, 0) is 46.0 Å². The highest BCUT2D eigenvalue weighted by Gasteiger charge is 2.19. The van der Waals surface area contributed by atoms with E-state index in [4.69, 9.17) is 0 Å². The summed E-state index contributed by atoms with van der Waals surface area (Å²) >= 11 is 0. The Morgan fingerprint density at radius 3 is 2.38 bits per heavy atom. The van der Waals surface area contributed by atoms with Gasteiger partial charge in [0, 0.05) is 18.6 Å². The zero-order valence-electron chi connectivity index (χ0n) is 11.2. The van der Waals surface area contributed by atoms with Crippen LogP contribution in [0.5, 0.6) is 0 Å². The van der Waals surface area contributed by atoms with Crippen LogP contribution in [-0.2, 0) is 6.54 Å². The Labute approximate surface area is 99.7 Å². The van der Waals surface area contributed by atoms with Crippen molar-refractivity contribution in [3.63, 3.8) is 0 Å². The van der Waals surface area contributed by atoms with E-state index in [1.807, 2.05) is 0 Å². The molecule has 0 heterocycles. The summed E-state index contributed by atoms with van der Waals surface area (Å²) in [6.07, 6.45) is 0. The van der Waals surface area contributed by atoms with Crippen LogP contribution in [0, 0.1) is 6.92 Å². The predicted octanol–water partition coefficient (Wildman–Crippen LogP) is 2.42. The van der Waals surface area contributed by atoms with Crippen molar-refractivity contribution < 1.29 is 0 Å². The van der Waals surface area contributed by atoms with E-state index >= 15 is 0 Å². The smallest absolute Gasteiger partial charge is 0.0271 e. The normalized spacial score (nSPS) is 12.1. The van der Waals surface area contributed by atoms with Crippen LogP contribution in [0.1, 0.15) is 25.0 Å². The molecule has 0 aliphatic heterocycles. The van der Waals surface area contributed by atoms with Crippen molar-refractivity contribution in [2.45, 2.75) is 32.9 Å². The molecule has 0 aromatic heterocycles. The first-order valence-corrected chi connectivity index (χ1v) is 5.86. The number of nitrogens with one attached hydrogen (secondary N) is 1. The topological polar surface area (TPSA) is 15.3 Å². The Morgan fingerprint density at radius 1 is 1.19 bits per heavy atom. The first-order valence-electron chi connectivity index (χ1n) is 5.86. The lowest BCUT2D eigenvalue weighted by atomic mass is 10.0. The summed E-state index contributed by atoms with van der Waals surface area (Å²) in [6, 6.07) is 8.53. The molecule has 16 heavy (non-hydrogen) atoms. The van der Waals surface area contributed by atoms with Crippen molar-refractivity contribution in [1.82, 2.24) is 10.2 Å². The standard InChI is InChI=1S/C14H24N2/c1-12-8-6-7-9-13(12)10-15-11-14(2,3)16(4)5/h6-9,15H,10-11H2,1-5H3. The van der Waals surface area contributed by atoms with Gasteiger partial charge in [0.1, 0.15) is 0 Å². The molecule has 0 aliphatic carbocycles. The van der Waals surface area contributed by atoms with E-state index in [-0.39, 0.29) is 5.54 Å². The van der Waals surface area contributed by atoms with Crippen LogP contribution < -0.4 is 5.32 Å². The SMILES string of the molecule is Cc1ccccc1CNCC(C)(C)N(C)C. The second-order valence-electron chi connectivity index (χ2n) is 5.24. The van der Waals surface area contributed by atoms with Gasteiger partial charge in [0.2, 0.25) is 0 Å². The molecule has 2 nitrogen and oxygen atoms in total. The fourth-order valence-electron chi connectivity index (χ4n) is 1.47. The van der Waals surface area contributed by atoms with E-state index in [0.29, 0.717) is 0 Å². The summed E-state index contributed by atoms with van der Waals surface area (Å²) in [4.78, 5) is 2.25. The van der Waals surface area contributed by atoms with Gasteiger partial charge in [0.25, 0.3) is 0 Å². The number of rotatable bonds is 5. The maximum absolute atomic E-state index is 3.52. The van der Waals surface area contributed by atoms with Crippen LogP contribution in [0.25, 0.3) is 0 Å². The third-order valence-electron chi connectivity index (χ3n) is 3.34. The highest BCUT2D eigenvalue weighted by atomic mass is 15.2.